The number of benzene rings is 1. The van der Waals surface area contributed by atoms with E-state index in [9.17, 15) is 4.39 Å². The summed E-state index contributed by atoms with van der Waals surface area (Å²) in [6.07, 6.45) is 8.36. The second-order valence-corrected chi connectivity index (χ2v) is 8.44. The van der Waals surface area contributed by atoms with Crippen molar-refractivity contribution in [3.63, 3.8) is 0 Å². The van der Waals surface area contributed by atoms with Gasteiger partial charge in [-0.3, -0.25) is 4.68 Å². The molecule has 1 aliphatic heterocycles. The van der Waals surface area contributed by atoms with Crippen molar-refractivity contribution in [1.29, 1.82) is 0 Å². The molecule has 0 bridgehead atoms. The van der Waals surface area contributed by atoms with Gasteiger partial charge in [-0.15, -0.1) is 0 Å². The van der Waals surface area contributed by atoms with Crippen LogP contribution < -0.4 is 15.8 Å². The van der Waals surface area contributed by atoms with Crippen molar-refractivity contribution in [2.45, 2.75) is 38.8 Å². The molecule has 0 unspecified atom stereocenters. The molecule has 0 amide bonds. The van der Waals surface area contributed by atoms with Gasteiger partial charge in [0, 0.05) is 29.1 Å². The minimum Gasteiger partial charge on any atom is -0.481 e. The lowest BCUT2D eigenvalue weighted by molar-refractivity contribution is 0.227. The van der Waals surface area contributed by atoms with Crippen LogP contribution in [0.4, 0.5) is 10.2 Å². The zero-order chi connectivity index (χ0) is 23.7. The Kier molecular flexibility index (Phi) is 5.97. The van der Waals surface area contributed by atoms with Gasteiger partial charge in [0.2, 0.25) is 0 Å². The summed E-state index contributed by atoms with van der Waals surface area (Å²) < 4.78 is 22.6. The molecule has 5 rings (SSSR count). The normalized spacial score (nSPS) is 15.4. The topological polar surface area (TPSA) is 109 Å². The molecule has 1 saturated heterocycles. The maximum Gasteiger partial charge on any atom is 0.170 e. The van der Waals surface area contributed by atoms with Gasteiger partial charge in [0.05, 0.1) is 29.8 Å². The first-order chi connectivity index (χ1) is 16.5. The average Bonchev–Trinajstić information content (AvgIpc) is 3.51. The largest absolute Gasteiger partial charge is 0.481 e. The van der Waals surface area contributed by atoms with Gasteiger partial charge in [-0.25, -0.2) is 9.37 Å². The van der Waals surface area contributed by atoms with Gasteiger partial charge in [-0.1, -0.05) is 0 Å². The molecule has 3 aromatic heterocycles. The number of nitrogens with one attached hydrogen (secondary N) is 1. The number of nitrogens with two attached hydrogens (primary N) is 1. The van der Waals surface area contributed by atoms with Crippen molar-refractivity contribution in [2.75, 3.05) is 18.8 Å². The molecule has 1 fully saturated rings. The van der Waals surface area contributed by atoms with E-state index in [4.69, 9.17) is 15.6 Å². The molecular weight excluding hydrogens is 435 g/mol. The zero-order valence-corrected chi connectivity index (χ0v) is 19.1. The Balaban J connectivity index is 1.50. The first-order valence-electron chi connectivity index (χ1n) is 11.4. The Labute approximate surface area is 196 Å². The van der Waals surface area contributed by atoms with E-state index in [2.05, 4.69) is 26.7 Å². The van der Waals surface area contributed by atoms with Crippen LogP contribution in [0.2, 0.25) is 0 Å². The van der Waals surface area contributed by atoms with Crippen molar-refractivity contribution in [1.82, 2.24) is 35.1 Å². The first-order valence-corrected chi connectivity index (χ1v) is 11.4. The van der Waals surface area contributed by atoms with E-state index in [1.807, 2.05) is 24.6 Å². The lowest BCUT2D eigenvalue weighted by Gasteiger charge is -2.23. The summed E-state index contributed by atoms with van der Waals surface area (Å²) in [5.74, 6) is 0.319. The number of nitrogen functional groups attached to an aromatic ring is 1. The molecule has 0 aliphatic carbocycles. The summed E-state index contributed by atoms with van der Waals surface area (Å²) in [6, 6.07) is 6.66. The predicted molar refractivity (Wildman–Crippen MR) is 126 cm³/mol. The summed E-state index contributed by atoms with van der Waals surface area (Å²) >= 11 is 0. The minimum atomic E-state index is -0.554. The number of aryl methyl sites for hydroxylation is 1. The van der Waals surface area contributed by atoms with E-state index >= 15 is 0 Å². The highest BCUT2D eigenvalue weighted by atomic mass is 19.1. The number of piperidine rings is 1. The number of hydrogen-bond donors (Lipinski definition) is 2. The number of hydrogen-bond acceptors (Lipinski definition) is 7. The summed E-state index contributed by atoms with van der Waals surface area (Å²) in [5, 5.41) is 16.5. The van der Waals surface area contributed by atoms with Gasteiger partial charge in [-0.2, -0.15) is 20.1 Å². The number of pyridine rings is 1. The number of rotatable bonds is 6. The van der Waals surface area contributed by atoms with Gasteiger partial charge in [0.15, 0.2) is 11.6 Å². The monoisotopic (exact) mass is 462 g/mol. The Hall–Kier alpha value is -3.79. The standard InChI is InChI=1S/C24H27FN8O/c1-15-21(14-32(31-15)18-5-8-27-9-6-18)19-7-10-28-24(26)23(19)34-16(2)20-13-17(25)3-4-22(20)33-29-11-12-30-33/h3-4,7,10-14,16,18,27H,5-6,8-9H2,1-2H3,(H2,26,28)/t16-/m1/s1. The summed E-state index contributed by atoms with van der Waals surface area (Å²) in [7, 11) is 0. The molecule has 0 radical (unpaired) electrons. The molecule has 0 spiro atoms. The van der Waals surface area contributed by atoms with Crippen molar-refractivity contribution < 1.29 is 9.13 Å². The molecule has 4 aromatic rings. The summed E-state index contributed by atoms with van der Waals surface area (Å²) in [5.41, 5.74) is 10.1. The number of halogens is 1. The second-order valence-electron chi connectivity index (χ2n) is 8.44. The Bertz CT molecular complexity index is 1280. The Morgan fingerprint density at radius 3 is 2.65 bits per heavy atom. The third-order valence-electron chi connectivity index (χ3n) is 6.18. The number of anilines is 1. The quantitative estimate of drug-likeness (QED) is 0.450. The van der Waals surface area contributed by atoms with Crippen LogP contribution in [0.25, 0.3) is 16.8 Å². The van der Waals surface area contributed by atoms with Crippen molar-refractivity contribution in [3.8, 4) is 22.6 Å². The highest BCUT2D eigenvalue weighted by Gasteiger charge is 2.23. The predicted octanol–water partition coefficient (Wildman–Crippen LogP) is 3.62. The van der Waals surface area contributed by atoms with Gasteiger partial charge in [0.1, 0.15) is 11.9 Å². The van der Waals surface area contributed by atoms with Crippen LogP contribution in [-0.4, -0.2) is 42.8 Å². The van der Waals surface area contributed by atoms with E-state index in [1.54, 1.807) is 24.7 Å². The fourth-order valence-electron chi connectivity index (χ4n) is 4.42. The highest BCUT2D eigenvalue weighted by Crippen LogP contribution is 2.39. The van der Waals surface area contributed by atoms with Crippen LogP contribution in [0.5, 0.6) is 5.75 Å². The van der Waals surface area contributed by atoms with Crippen molar-refractivity contribution in [2.24, 2.45) is 0 Å². The lowest BCUT2D eigenvalue weighted by Crippen LogP contribution is -2.29. The van der Waals surface area contributed by atoms with E-state index in [1.165, 1.54) is 16.9 Å². The molecule has 1 aliphatic rings. The molecule has 1 aromatic carbocycles. The molecule has 3 N–H and O–H groups in total. The molecule has 0 saturated carbocycles. The summed E-state index contributed by atoms with van der Waals surface area (Å²) in [4.78, 5) is 5.68. The molecular formula is C24H27FN8O. The highest BCUT2D eigenvalue weighted by molar-refractivity contribution is 5.76. The summed E-state index contributed by atoms with van der Waals surface area (Å²) in [6.45, 7) is 5.77. The molecule has 34 heavy (non-hydrogen) atoms. The van der Waals surface area contributed by atoms with Gasteiger partial charge >= 0.3 is 0 Å². The molecule has 4 heterocycles. The molecule has 1 atom stereocenters. The second kappa shape index (κ2) is 9.22. The molecule has 10 heteroatoms. The third-order valence-corrected chi connectivity index (χ3v) is 6.18. The minimum absolute atomic E-state index is 0.258. The Morgan fingerprint density at radius 2 is 1.88 bits per heavy atom. The average molecular weight is 463 g/mol. The zero-order valence-electron chi connectivity index (χ0n) is 19.1. The SMILES string of the molecule is Cc1nn(C2CCNCC2)cc1-c1ccnc(N)c1O[C@H](C)c1cc(F)ccc1-n1nccn1. The van der Waals surface area contributed by atoms with Crippen molar-refractivity contribution in [3.05, 3.63) is 66.1 Å². The number of ether oxygens (including phenoxy) is 1. The smallest absolute Gasteiger partial charge is 0.170 e. The maximum atomic E-state index is 14.2. The molecule has 9 nitrogen and oxygen atoms in total. The van der Waals surface area contributed by atoms with Gasteiger partial charge < -0.3 is 15.8 Å². The van der Waals surface area contributed by atoms with Crippen LogP contribution in [0.1, 0.15) is 43.2 Å². The van der Waals surface area contributed by atoms with Crippen molar-refractivity contribution >= 4 is 5.82 Å². The van der Waals surface area contributed by atoms with E-state index < -0.39 is 6.10 Å². The van der Waals surface area contributed by atoms with E-state index in [-0.39, 0.29) is 11.6 Å². The number of aromatic nitrogens is 6. The van der Waals surface area contributed by atoms with Crippen LogP contribution >= 0.6 is 0 Å². The first kappa shape index (κ1) is 22.0. The maximum absolute atomic E-state index is 14.2. The Morgan fingerprint density at radius 1 is 1.12 bits per heavy atom. The fourth-order valence-corrected chi connectivity index (χ4v) is 4.42. The fraction of sp³-hybridized carbons (Fsp3) is 0.333. The van der Waals surface area contributed by atoms with Crippen LogP contribution in [-0.2, 0) is 0 Å². The van der Waals surface area contributed by atoms with Crippen LogP contribution in [0.15, 0.2) is 49.1 Å². The van der Waals surface area contributed by atoms with Gasteiger partial charge in [0.25, 0.3) is 0 Å². The van der Waals surface area contributed by atoms with E-state index in [0.717, 1.165) is 42.8 Å². The van der Waals surface area contributed by atoms with Crippen LogP contribution in [0.3, 0.4) is 0 Å². The number of nitrogens with zero attached hydrogens (tertiary/aromatic N) is 6. The van der Waals surface area contributed by atoms with Crippen LogP contribution in [0, 0.1) is 12.7 Å². The third kappa shape index (κ3) is 4.24. The van der Waals surface area contributed by atoms with E-state index in [0.29, 0.717) is 23.0 Å². The van der Waals surface area contributed by atoms with Gasteiger partial charge in [-0.05, 0) is 64.0 Å². The molecule has 176 valence electrons. The lowest BCUT2D eigenvalue weighted by atomic mass is 10.1.